The van der Waals surface area contributed by atoms with Crippen LogP contribution < -0.4 is 10.6 Å². The lowest BCUT2D eigenvalue weighted by Crippen LogP contribution is -2.44. The molecule has 1 rings (SSSR count). The Morgan fingerprint density at radius 3 is 2.27 bits per heavy atom. The van der Waals surface area contributed by atoms with E-state index in [0.29, 0.717) is 6.04 Å². The summed E-state index contributed by atoms with van der Waals surface area (Å²) in [4.78, 5) is 4.82. The van der Waals surface area contributed by atoms with Gasteiger partial charge in [0, 0.05) is 25.7 Å². The molecule has 1 saturated carbocycles. The molecular weight excluding hydrogens is 389 g/mol. The Morgan fingerprint density at radius 2 is 1.77 bits per heavy atom. The number of hydrogen-bond acceptors (Lipinski definition) is 2. The number of nitrogens with one attached hydrogen (secondary N) is 2. The molecule has 22 heavy (non-hydrogen) atoms. The van der Waals surface area contributed by atoms with Crippen LogP contribution in [0.25, 0.3) is 0 Å². The summed E-state index contributed by atoms with van der Waals surface area (Å²) in [5.41, 5.74) is 0.143. The van der Waals surface area contributed by atoms with Crippen LogP contribution in [0.3, 0.4) is 0 Å². The largest absolute Gasteiger partial charge is 0.396 e. The maximum absolute atomic E-state index is 9.31. The average molecular weight is 425 g/mol. The first-order chi connectivity index (χ1) is 10.2. The van der Waals surface area contributed by atoms with Crippen LogP contribution in [-0.2, 0) is 0 Å². The molecule has 0 amide bonds. The van der Waals surface area contributed by atoms with E-state index in [2.05, 4.69) is 31.4 Å². The van der Waals surface area contributed by atoms with Crippen LogP contribution in [0, 0.1) is 5.41 Å². The summed E-state index contributed by atoms with van der Waals surface area (Å²) in [6.45, 7) is 8.46. The van der Waals surface area contributed by atoms with Crippen molar-refractivity contribution in [2.45, 2.75) is 78.2 Å². The normalized spacial score (nSPS) is 17.0. The van der Waals surface area contributed by atoms with Crippen molar-refractivity contribution in [1.82, 2.24) is 10.6 Å². The molecule has 0 saturated heterocycles. The first-order valence-electron chi connectivity index (χ1n) is 8.85. The molecule has 3 N–H and O–H groups in total. The fourth-order valence-electron chi connectivity index (χ4n) is 3.15. The van der Waals surface area contributed by atoms with E-state index in [1.165, 1.54) is 32.1 Å². The molecule has 0 bridgehead atoms. The van der Waals surface area contributed by atoms with Crippen molar-refractivity contribution in [2.75, 3.05) is 19.7 Å². The van der Waals surface area contributed by atoms with Gasteiger partial charge in [0.05, 0.1) is 0 Å². The van der Waals surface area contributed by atoms with E-state index in [-0.39, 0.29) is 36.0 Å². The zero-order valence-electron chi connectivity index (χ0n) is 14.7. The number of aliphatic hydroxyl groups excluding tert-OH is 1. The van der Waals surface area contributed by atoms with Gasteiger partial charge in [0.15, 0.2) is 5.96 Å². The second kappa shape index (κ2) is 12.4. The summed E-state index contributed by atoms with van der Waals surface area (Å²) in [6.07, 6.45) is 9.52. The Labute approximate surface area is 154 Å². The number of rotatable bonds is 8. The monoisotopic (exact) mass is 425 g/mol. The van der Waals surface area contributed by atoms with Gasteiger partial charge >= 0.3 is 0 Å². The zero-order valence-corrected chi connectivity index (χ0v) is 17.0. The van der Waals surface area contributed by atoms with Gasteiger partial charge in [-0.25, -0.2) is 0 Å². The van der Waals surface area contributed by atoms with Crippen LogP contribution in [0.2, 0.25) is 0 Å². The summed E-state index contributed by atoms with van der Waals surface area (Å²) in [5, 5.41) is 16.3. The smallest absolute Gasteiger partial charge is 0.191 e. The van der Waals surface area contributed by atoms with Crippen LogP contribution in [0.5, 0.6) is 0 Å². The lowest BCUT2D eigenvalue weighted by atomic mass is 9.79. The summed E-state index contributed by atoms with van der Waals surface area (Å²) >= 11 is 0. The molecule has 5 heteroatoms. The number of aliphatic imine (C=N–C) groups is 1. The zero-order chi connectivity index (χ0) is 15.6. The Morgan fingerprint density at radius 1 is 1.14 bits per heavy atom. The maximum Gasteiger partial charge on any atom is 0.191 e. The van der Waals surface area contributed by atoms with Gasteiger partial charge in [-0.05, 0) is 44.4 Å². The first kappa shape index (κ1) is 22.0. The van der Waals surface area contributed by atoms with Gasteiger partial charge in [-0.2, -0.15) is 0 Å². The fourth-order valence-corrected chi connectivity index (χ4v) is 3.15. The highest BCUT2D eigenvalue weighted by molar-refractivity contribution is 14.0. The van der Waals surface area contributed by atoms with E-state index >= 15 is 0 Å². The van der Waals surface area contributed by atoms with Gasteiger partial charge in [-0.15, -0.1) is 24.0 Å². The highest BCUT2D eigenvalue weighted by Gasteiger charge is 2.25. The molecule has 4 nitrogen and oxygen atoms in total. The molecule has 132 valence electrons. The molecule has 0 aliphatic heterocycles. The summed E-state index contributed by atoms with van der Waals surface area (Å²) in [6, 6.07) is 0.576. The molecule has 0 atom stereocenters. The van der Waals surface area contributed by atoms with Crippen molar-refractivity contribution in [3.63, 3.8) is 0 Å². The SMILES string of the molecule is CCNC(=NCC(CC)(CC)CCO)NC1CCCCC1.I. The molecule has 0 aromatic rings. The Hall–Kier alpha value is -0.0400. The van der Waals surface area contributed by atoms with Crippen molar-refractivity contribution in [3.8, 4) is 0 Å². The maximum atomic E-state index is 9.31. The minimum atomic E-state index is 0. The van der Waals surface area contributed by atoms with Gasteiger partial charge in [0.2, 0.25) is 0 Å². The van der Waals surface area contributed by atoms with Crippen molar-refractivity contribution in [3.05, 3.63) is 0 Å². The topological polar surface area (TPSA) is 56.7 Å². The van der Waals surface area contributed by atoms with E-state index in [4.69, 9.17) is 4.99 Å². The third-order valence-electron chi connectivity index (χ3n) is 5.00. The van der Waals surface area contributed by atoms with Crippen molar-refractivity contribution >= 4 is 29.9 Å². The molecule has 1 aliphatic rings. The molecule has 0 unspecified atom stereocenters. The van der Waals surface area contributed by atoms with Gasteiger partial charge in [-0.1, -0.05) is 33.1 Å². The lowest BCUT2D eigenvalue weighted by molar-refractivity contribution is 0.175. The van der Waals surface area contributed by atoms with Crippen molar-refractivity contribution < 1.29 is 5.11 Å². The first-order valence-corrected chi connectivity index (χ1v) is 8.85. The third kappa shape index (κ3) is 7.49. The number of aliphatic hydroxyl groups is 1. The average Bonchev–Trinajstić information content (AvgIpc) is 2.52. The minimum Gasteiger partial charge on any atom is -0.396 e. The molecule has 0 aromatic heterocycles. The molecule has 1 aliphatic carbocycles. The number of halogens is 1. The molecule has 0 spiro atoms. The van der Waals surface area contributed by atoms with Gasteiger partial charge in [0.25, 0.3) is 0 Å². The van der Waals surface area contributed by atoms with E-state index in [1.807, 2.05) is 0 Å². The quantitative estimate of drug-likeness (QED) is 0.316. The second-order valence-electron chi connectivity index (χ2n) is 6.36. The number of guanidine groups is 1. The summed E-state index contributed by atoms with van der Waals surface area (Å²) in [7, 11) is 0. The van der Waals surface area contributed by atoms with Crippen LogP contribution in [0.1, 0.15) is 72.1 Å². The highest BCUT2D eigenvalue weighted by atomic mass is 127. The van der Waals surface area contributed by atoms with E-state index in [1.54, 1.807) is 0 Å². The Kier molecular flexibility index (Phi) is 12.4. The van der Waals surface area contributed by atoms with Crippen molar-refractivity contribution in [1.29, 1.82) is 0 Å². The van der Waals surface area contributed by atoms with Gasteiger partial charge < -0.3 is 15.7 Å². The molecule has 0 aromatic carbocycles. The Balaban J connectivity index is 0.00000441. The minimum absolute atomic E-state index is 0. The number of nitrogens with zero attached hydrogens (tertiary/aromatic N) is 1. The predicted octanol–water partition coefficient (Wildman–Crippen LogP) is 3.68. The lowest BCUT2D eigenvalue weighted by Gasteiger charge is -2.30. The van der Waals surface area contributed by atoms with Crippen LogP contribution in [0.15, 0.2) is 4.99 Å². The van der Waals surface area contributed by atoms with E-state index in [9.17, 15) is 5.11 Å². The van der Waals surface area contributed by atoms with Crippen molar-refractivity contribution in [2.24, 2.45) is 10.4 Å². The third-order valence-corrected chi connectivity index (χ3v) is 5.00. The molecule has 1 fully saturated rings. The molecule has 0 radical (unpaired) electrons. The Bertz CT molecular complexity index is 300. The number of hydrogen-bond donors (Lipinski definition) is 3. The van der Waals surface area contributed by atoms with Crippen LogP contribution >= 0.6 is 24.0 Å². The van der Waals surface area contributed by atoms with Gasteiger partial charge in [0.1, 0.15) is 0 Å². The van der Waals surface area contributed by atoms with Crippen LogP contribution in [-0.4, -0.2) is 36.8 Å². The van der Waals surface area contributed by atoms with Gasteiger partial charge in [-0.3, -0.25) is 4.99 Å². The summed E-state index contributed by atoms with van der Waals surface area (Å²) < 4.78 is 0. The highest BCUT2D eigenvalue weighted by Crippen LogP contribution is 2.30. The summed E-state index contributed by atoms with van der Waals surface area (Å²) in [5.74, 6) is 0.952. The van der Waals surface area contributed by atoms with Crippen LogP contribution in [0.4, 0.5) is 0 Å². The van der Waals surface area contributed by atoms with E-state index < -0.39 is 0 Å². The standard InChI is InChI=1S/C17H35N3O.HI/c1-4-17(5-2,12-13-21)14-19-16(18-6-3)20-15-10-8-7-9-11-15;/h15,21H,4-14H2,1-3H3,(H2,18,19,20);1H. The second-order valence-corrected chi connectivity index (χ2v) is 6.36. The predicted molar refractivity (Wildman–Crippen MR) is 106 cm³/mol. The molecular formula is C17H36IN3O. The van der Waals surface area contributed by atoms with E-state index in [0.717, 1.165) is 38.3 Å². The fraction of sp³-hybridized carbons (Fsp3) is 0.941. The molecule has 0 heterocycles.